The number of nitrogens with one attached hydrogen (secondary N) is 1. The van der Waals surface area contributed by atoms with Crippen LogP contribution in [-0.4, -0.2) is 32.6 Å². The molecule has 1 atom stereocenters. The molecule has 0 aliphatic heterocycles. The molecule has 0 radical (unpaired) electrons. The molecule has 0 saturated carbocycles. The molecule has 35 heavy (non-hydrogen) atoms. The molecule has 1 aromatic heterocycles. The standard InChI is InChI=1S/C23H22F4N4O4/c1-13-8-16(4-5-19(13)24)14(2)28-20(32)17-9-15(10-18(11-17)35-23(25,26)27)12-31-7-6-30(3)21(31)29-22(33)34/h4-11,14H,12H2,1-3H3,(H,28,32)(H,33,34)/b29-21+. The van der Waals surface area contributed by atoms with Gasteiger partial charge in [-0.15, -0.1) is 18.2 Å². The zero-order chi connectivity index (χ0) is 25.9. The number of aromatic nitrogens is 2. The summed E-state index contributed by atoms with van der Waals surface area (Å²) >= 11 is 0. The van der Waals surface area contributed by atoms with Crippen LogP contribution in [-0.2, 0) is 13.6 Å². The number of carbonyl (C=O) groups excluding carboxylic acids is 1. The number of imidazole rings is 1. The first kappa shape index (κ1) is 25.5. The van der Waals surface area contributed by atoms with Crippen LogP contribution in [0.3, 0.4) is 0 Å². The van der Waals surface area contributed by atoms with Crippen LogP contribution in [0.4, 0.5) is 22.4 Å². The maximum absolute atomic E-state index is 13.6. The van der Waals surface area contributed by atoms with Crippen LogP contribution < -0.4 is 15.7 Å². The molecule has 0 fully saturated rings. The van der Waals surface area contributed by atoms with Crippen molar-refractivity contribution in [2.45, 2.75) is 32.8 Å². The number of amides is 2. The van der Waals surface area contributed by atoms with Gasteiger partial charge in [-0.2, -0.15) is 0 Å². The number of hydrogen-bond acceptors (Lipinski definition) is 3. The van der Waals surface area contributed by atoms with E-state index in [0.717, 1.165) is 12.1 Å². The summed E-state index contributed by atoms with van der Waals surface area (Å²) < 4.78 is 59.1. The summed E-state index contributed by atoms with van der Waals surface area (Å²) in [5.41, 5.74) is 1.15. The fraction of sp³-hybridized carbons (Fsp3) is 0.261. The van der Waals surface area contributed by atoms with Crippen molar-refractivity contribution in [3.05, 3.63) is 82.5 Å². The van der Waals surface area contributed by atoms with Crippen molar-refractivity contribution < 1.29 is 37.0 Å². The number of aryl methyl sites for hydroxylation is 2. The molecule has 0 aliphatic carbocycles. The van der Waals surface area contributed by atoms with Gasteiger partial charge in [0, 0.05) is 25.0 Å². The van der Waals surface area contributed by atoms with E-state index in [-0.39, 0.29) is 23.3 Å². The molecule has 1 heterocycles. The number of rotatable bonds is 6. The lowest BCUT2D eigenvalue weighted by Gasteiger charge is -2.17. The van der Waals surface area contributed by atoms with E-state index in [1.54, 1.807) is 27.0 Å². The lowest BCUT2D eigenvalue weighted by molar-refractivity contribution is -0.274. The minimum Gasteiger partial charge on any atom is -0.463 e. The summed E-state index contributed by atoms with van der Waals surface area (Å²) in [6.07, 6.45) is -3.41. The second kappa shape index (κ2) is 10.0. The predicted octanol–water partition coefficient (Wildman–Crippen LogP) is 4.29. The van der Waals surface area contributed by atoms with Gasteiger partial charge in [0.05, 0.1) is 12.6 Å². The van der Waals surface area contributed by atoms with Gasteiger partial charge in [-0.25, -0.2) is 9.18 Å². The maximum atomic E-state index is 13.6. The third kappa shape index (κ3) is 6.71. The Hall–Kier alpha value is -4.09. The van der Waals surface area contributed by atoms with E-state index in [0.29, 0.717) is 11.1 Å². The highest BCUT2D eigenvalue weighted by Crippen LogP contribution is 2.26. The van der Waals surface area contributed by atoms with Gasteiger partial charge in [0.2, 0.25) is 5.62 Å². The Morgan fingerprint density at radius 2 is 1.89 bits per heavy atom. The first-order chi connectivity index (χ1) is 16.3. The minimum absolute atomic E-state index is 0.0333. The van der Waals surface area contributed by atoms with E-state index in [4.69, 9.17) is 5.11 Å². The molecular formula is C23H22F4N4O4. The van der Waals surface area contributed by atoms with Crippen LogP contribution in [0, 0.1) is 12.7 Å². The average Bonchev–Trinajstić information content (AvgIpc) is 3.07. The Balaban J connectivity index is 1.94. The van der Waals surface area contributed by atoms with Gasteiger partial charge >= 0.3 is 12.5 Å². The minimum atomic E-state index is -4.99. The summed E-state index contributed by atoms with van der Waals surface area (Å²) in [6.45, 7) is 3.14. The van der Waals surface area contributed by atoms with Crippen LogP contribution in [0.25, 0.3) is 0 Å². The fourth-order valence-electron chi connectivity index (χ4n) is 3.44. The van der Waals surface area contributed by atoms with Crippen molar-refractivity contribution in [2.75, 3.05) is 0 Å². The first-order valence-electron chi connectivity index (χ1n) is 10.3. The lowest BCUT2D eigenvalue weighted by atomic mass is 10.0. The van der Waals surface area contributed by atoms with Crippen molar-refractivity contribution in [2.24, 2.45) is 12.0 Å². The quantitative estimate of drug-likeness (QED) is 0.500. The molecule has 8 nitrogen and oxygen atoms in total. The Labute approximate surface area is 197 Å². The van der Waals surface area contributed by atoms with Gasteiger partial charge in [0.15, 0.2) is 0 Å². The first-order valence-corrected chi connectivity index (χ1v) is 10.3. The molecule has 3 rings (SSSR count). The number of hydrogen-bond donors (Lipinski definition) is 2. The number of benzene rings is 2. The van der Waals surface area contributed by atoms with Crippen molar-refractivity contribution >= 4 is 12.0 Å². The Bertz CT molecular complexity index is 1330. The number of ether oxygens (including phenoxy) is 1. The van der Waals surface area contributed by atoms with Crippen LogP contribution in [0.2, 0.25) is 0 Å². The number of alkyl halides is 3. The molecule has 1 unspecified atom stereocenters. The summed E-state index contributed by atoms with van der Waals surface area (Å²) in [4.78, 5) is 27.4. The van der Waals surface area contributed by atoms with Crippen LogP contribution in [0.1, 0.15) is 40.0 Å². The van der Waals surface area contributed by atoms with E-state index in [2.05, 4.69) is 15.0 Å². The molecular weight excluding hydrogens is 472 g/mol. The summed E-state index contributed by atoms with van der Waals surface area (Å²) in [7, 11) is 1.55. The molecule has 0 bridgehead atoms. The maximum Gasteiger partial charge on any atom is 0.573 e. The lowest BCUT2D eigenvalue weighted by Crippen LogP contribution is -2.28. The van der Waals surface area contributed by atoms with Crippen molar-refractivity contribution in [1.82, 2.24) is 14.5 Å². The predicted molar refractivity (Wildman–Crippen MR) is 116 cm³/mol. The molecule has 2 aromatic carbocycles. The van der Waals surface area contributed by atoms with Gasteiger partial charge in [-0.05, 0) is 54.8 Å². The van der Waals surface area contributed by atoms with Crippen LogP contribution in [0.15, 0.2) is 53.8 Å². The van der Waals surface area contributed by atoms with Gasteiger partial charge in [0.1, 0.15) is 11.6 Å². The normalized spacial score (nSPS) is 12.9. The molecule has 0 spiro atoms. The molecule has 12 heteroatoms. The Kier molecular flexibility index (Phi) is 7.32. The highest BCUT2D eigenvalue weighted by atomic mass is 19.4. The zero-order valence-electron chi connectivity index (χ0n) is 18.9. The van der Waals surface area contributed by atoms with E-state index in [1.807, 2.05) is 0 Å². The van der Waals surface area contributed by atoms with E-state index < -0.39 is 36.0 Å². The zero-order valence-corrected chi connectivity index (χ0v) is 18.9. The summed E-state index contributed by atoms with van der Waals surface area (Å²) in [5.74, 6) is -1.69. The van der Waals surface area contributed by atoms with E-state index in [9.17, 15) is 27.2 Å². The monoisotopic (exact) mass is 494 g/mol. The van der Waals surface area contributed by atoms with Crippen LogP contribution in [0.5, 0.6) is 5.75 Å². The Morgan fingerprint density at radius 3 is 2.51 bits per heavy atom. The fourth-order valence-corrected chi connectivity index (χ4v) is 3.44. The second-order valence-corrected chi connectivity index (χ2v) is 7.85. The molecule has 3 aromatic rings. The summed E-state index contributed by atoms with van der Waals surface area (Å²) in [6, 6.07) is 7.18. The topological polar surface area (TPSA) is 97.9 Å². The van der Waals surface area contributed by atoms with Crippen LogP contribution >= 0.6 is 0 Å². The van der Waals surface area contributed by atoms with Crippen molar-refractivity contribution in [1.29, 1.82) is 0 Å². The molecule has 0 aliphatic rings. The number of carbonyl (C=O) groups is 2. The smallest absolute Gasteiger partial charge is 0.463 e. The second-order valence-electron chi connectivity index (χ2n) is 7.85. The molecule has 186 valence electrons. The van der Waals surface area contributed by atoms with Gasteiger partial charge < -0.3 is 24.3 Å². The highest BCUT2D eigenvalue weighted by molar-refractivity contribution is 5.95. The largest absolute Gasteiger partial charge is 0.573 e. The molecule has 2 amide bonds. The molecule has 0 saturated heterocycles. The average molecular weight is 494 g/mol. The van der Waals surface area contributed by atoms with Gasteiger partial charge in [-0.1, -0.05) is 12.1 Å². The number of nitrogens with zero attached hydrogens (tertiary/aromatic N) is 3. The third-order valence-electron chi connectivity index (χ3n) is 5.08. The van der Waals surface area contributed by atoms with Crippen molar-refractivity contribution in [3.8, 4) is 5.75 Å². The summed E-state index contributed by atoms with van der Waals surface area (Å²) in [5, 5.41) is 11.7. The SMILES string of the molecule is Cc1cc(C(C)NC(=O)c2cc(Cn3ccn(C)/c3=N\C(=O)O)cc(OC(F)(F)F)c2)ccc1F. The van der Waals surface area contributed by atoms with Gasteiger partial charge in [-0.3, -0.25) is 4.79 Å². The van der Waals surface area contributed by atoms with Crippen molar-refractivity contribution in [3.63, 3.8) is 0 Å². The van der Waals surface area contributed by atoms with Gasteiger partial charge in [0.25, 0.3) is 5.91 Å². The van der Waals surface area contributed by atoms with E-state index >= 15 is 0 Å². The molecule has 2 N–H and O–H groups in total. The number of carboxylic acid groups (broad SMARTS) is 1. The third-order valence-corrected chi connectivity index (χ3v) is 5.08. The van der Waals surface area contributed by atoms with E-state index in [1.165, 1.54) is 39.7 Å². The number of halogens is 4. The Morgan fingerprint density at radius 1 is 1.17 bits per heavy atom. The highest BCUT2D eigenvalue weighted by Gasteiger charge is 2.31.